The number of carbonyl (C=O) groups excluding carboxylic acids is 1. The SMILES string of the molecule is CCCCC(=O)C(Cl)(Cl)CC. The number of halogens is 2. The predicted molar refractivity (Wildman–Crippen MR) is 49.3 cm³/mol. The second-order valence-electron chi connectivity index (χ2n) is 2.58. The van der Waals surface area contributed by atoms with Gasteiger partial charge in [-0.05, 0) is 12.8 Å². The Morgan fingerprint density at radius 2 is 1.91 bits per heavy atom. The van der Waals surface area contributed by atoms with E-state index in [1.165, 1.54) is 0 Å². The van der Waals surface area contributed by atoms with Crippen LogP contribution in [0.3, 0.4) is 0 Å². The molecule has 0 bridgehead atoms. The Bertz CT molecular complexity index is 132. The smallest absolute Gasteiger partial charge is 0.175 e. The monoisotopic (exact) mass is 196 g/mol. The highest BCUT2D eigenvalue weighted by atomic mass is 35.5. The van der Waals surface area contributed by atoms with Crippen molar-refractivity contribution in [2.24, 2.45) is 0 Å². The third-order valence-corrected chi connectivity index (χ3v) is 2.57. The van der Waals surface area contributed by atoms with Gasteiger partial charge in [0.05, 0.1) is 0 Å². The highest BCUT2D eigenvalue weighted by Crippen LogP contribution is 2.27. The van der Waals surface area contributed by atoms with Gasteiger partial charge in [0.1, 0.15) is 0 Å². The Labute approximate surface area is 78.1 Å². The number of rotatable bonds is 5. The van der Waals surface area contributed by atoms with Crippen LogP contribution >= 0.6 is 23.2 Å². The van der Waals surface area contributed by atoms with Crippen LogP contribution in [-0.4, -0.2) is 10.1 Å². The summed E-state index contributed by atoms with van der Waals surface area (Å²) in [5.41, 5.74) is 0. The van der Waals surface area contributed by atoms with Gasteiger partial charge < -0.3 is 0 Å². The molecule has 0 spiro atoms. The molecule has 0 saturated heterocycles. The summed E-state index contributed by atoms with van der Waals surface area (Å²) in [6.45, 7) is 3.84. The molecule has 0 rings (SSSR count). The summed E-state index contributed by atoms with van der Waals surface area (Å²) in [4.78, 5) is 11.2. The maximum atomic E-state index is 11.2. The van der Waals surface area contributed by atoms with Gasteiger partial charge in [-0.15, -0.1) is 0 Å². The van der Waals surface area contributed by atoms with Crippen LogP contribution in [0.4, 0.5) is 0 Å². The Morgan fingerprint density at radius 1 is 1.36 bits per heavy atom. The van der Waals surface area contributed by atoms with Crippen LogP contribution in [0.25, 0.3) is 0 Å². The van der Waals surface area contributed by atoms with E-state index in [4.69, 9.17) is 23.2 Å². The molecule has 0 N–H and O–H groups in total. The van der Waals surface area contributed by atoms with Crippen molar-refractivity contribution in [3.63, 3.8) is 0 Å². The summed E-state index contributed by atoms with van der Waals surface area (Å²) in [6.07, 6.45) is 2.86. The van der Waals surface area contributed by atoms with E-state index in [1.807, 2.05) is 13.8 Å². The summed E-state index contributed by atoms with van der Waals surface area (Å²) in [5.74, 6) is -0.0508. The standard InChI is InChI=1S/C8H14Cl2O/c1-3-5-6-7(11)8(9,10)4-2/h3-6H2,1-2H3. The Hall–Kier alpha value is 0.250. The number of hydrogen-bond acceptors (Lipinski definition) is 1. The van der Waals surface area contributed by atoms with E-state index in [9.17, 15) is 4.79 Å². The van der Waals surface area contributed by atoms with Crippen LogP contribution in [0.5, 0.6) is 0 Å². The lowest BCUT2D eigenvalue weighted by molar-refractivity contribution is -0.119. The zero-order chi connectivity index (χ0) is 8.91. The lowest BCUT2D eigenvalue weighted by atomic mass is 10.1. The minimum atomic E-state index is -1.14. The fraction of sp³-hybridized carbons (Fsp3) is 0.875. The van der Waals surface area contributed by atoms with Crippen molar-refractivity contribution in [3.05, 3.63) is 0 Å². The molecule has 0 fully saturated rings. The van der Waals surface area contributed by atoms with Gasteiger partial charge in [-0.2, -0.15) is 0 Å². The third kappa shape index (κ3) is 3.97. The van der Waals surface area contributed by atoms with E-state index in [0.29, 0.717) is 12.8 Å². The van der Waals surface area contributed by atoms with E-state index >= 15 is 0 Å². The fourth-order valence-corrected chi connectivity index (χ4v) is 0.906. The molecule has 11 heavy (non-hydrogen) atoms. The van der Waals surface area contributed by atoms with Gasteiger partial charge in [-0.3, -0.25) is 4.79 Å². The maximum Gasteiger partial charge on any atom is 0.175 e. The number of ketones is 1. The first-order valence-electron chi connectivity index (χ1n) is 3.95. The average Bonchev–Trinajstić information content (AvgIpc) is 2.00. The summed E-state index contributed by atoms with van der Waals surface area (Å²) in [6, 6.07) is 0. The number of alkyl halides is 2. The van der Waals surface area contributed by atoms with Crippen molar-refractivity contribution < 1.29 is 4.79 Å². The normalized spacial score (nSPS) is 11.6. The third-order valence-electron chi connectivity index (χ3n) is 1.61. The van der Waals surface area contributed by atoms with Crippen LogP contribution in [0.15, 0.2) is 0 Å². The number of carbonyl (C=O) groups is 1. The molecule has 0 atom stereocenters. The molecule has 1 nitrogen and oxygen atoms in total. The van der Waals surface area contributed by atoms with E-state index < -0.39 is 4.33 Å². The van der Waals surface area contributed by atoms with Crippen molar-refractivity contribution in [2.75, 3.05) is 0 Å². The molecule has 3 heteroatoms. The maximum absolute atomic E-state index is 11.2. The van der Waals surface area contributed by atoms with Gasteiger partial charge in [0.15, 0.2) is 10.1 Å². The number of Topliss-reactive ketones (excluding diaryl/α,β-unsaturated/α-hetero) is 1. The Balaban J connectivity index is 3.82. The number of unbranched alkanes of at least 4 members (excludes halogenated alkanes) is 1. The molecule has 0 aromatic carbocycles. The molecule has 0 radical (unpaired) electrons. The van der Waals surface area contributed by atoms with E-state index in [1.54, 1.807) is 0 Å². The van der Waals surface area contributed by atoms with Crippen LogP contribution < -0.4 is 0 Å². The van der Waals surface area contributed by atoms with E-state index in [-0.39, 0.29) is 5.78 Å². The molecule has 0 aliphatic heterocycles. The summed E-state index contributed by atoms with van der Waals surface area (Å²) in [5, 5.41) is 0. The molecule has 0 amide bonds. The first-order valence-corrected chi connectivity index (χ1v) is 4.71. The summed E-state index contributed by atoms with van der Waals surface area (Å²) < 4.78 is -1.14. The Morgan fingerprint density at radius 3 is 2.27 bits per heavy atom. The van der Waals surface area contributed by atoms with Gasteiger partial charge in [0.25, 0.3) is 0 Å². The molecule has 0 saturated carbocycles. The minimum absolute atomic E-state index is 0.0508. The van der Waals surface area contributed by atoms with Crippen molar-refractivity contribution >= 4 is 29.0 Å². The fourth-order valence-electron chi connectivity index (χ4n) is 0.717. The molecular weight excluding hydrogens is 183 g/mol. The van der Waals surface area contributed by atoms with Gasteiger partial charge in [0.2, 0.25) is 0 Å². The minimum Gasteiger partial charge on any atom is -0.296 e. The van der Waals surface area contributed by atoms with Crippen molar-refractivity contribution in [2.45, 2.75) is 43.9 Å². The van der Waals surface area contributed by atoms with Gasteiger partial charge in [-0.1, -0.05) is 43.5 Å². The van der Waals surface area contributed by atoms with Gasteiger partial charge in [0, 0.05) is 6.42 Å². The Kier molecular flexibility index (Phi) is 5.11. The van der Waals surface area contributed by atoms with Crippen LogP contribution in [0, 0.1) is 0 Å². The topological polar surface area (TPSA) is 17.1 Å². The molecular formula is C8H14Cl2O. The van der Waals surface area contributed by atoms with Crippen molar-refractivity contribution in [3.8, 4) is 0 Å². The molecule has 0 aliphatic rings. The molecule has 0 aromatic heterocycles. The molecule has 66 valence electrons. The van der Waals surface area contributed by atoms with Crippen LogP contribution in [0.1, 0.15) is 39.5 Å². The van der Waals surface area contributed by atoms with Gasteiger partial charge >= 0.3 is 0 Å². The lowest BCUT2D eigenvalue weighted by Crippen LogP contribution is -2.24. The zero-order valence-corrected chi connectivity index (χ0v) is 8.50. The highest BCUT2D eigenvalue weighted by molar-refractivity contribution is 6.58. The highest BCUT2D eigenvalue weighted by Gasteiger charge is 2.29. The summed E-state index contributed by atoms with van der Waals surface area (Å²) in [7, 11) is 0. The first kappa shape index (κ1) is 11.2. The van der Waals surface area contributed by atoms with Crippen LogP contribution in [-0.2, 0) is 4.79 Å². The lowest BCUT2D eigenvalue weighted by Gasteiger charge is -2.14. The van der Waals surface area contributed by atoms with Gasteiger partial charge in [-0.25, -0.2) is 0 Å². The second kappa shape index (κ2) is 5.00. The summed E-state index contributed by atoms with van der Waals surface area (Å²) >= 11 is 11.4. The van der Waals surface area contributed by atoms with E-state index in [2.05, 4.69) is 0 Å². The second-order valence-corrected chi connectivity index (χ2v) is 4.07. The molecule has 0 unspecified atom stereocenters. The quantitative estimate of drug-likeness (QED) is 0.617. The predicted octanol–water partition coefficient (Wildman–Crippen LogP) is 3.33. The molecule has 0 heterocycles. The molecule has 0 aliphatic carbocycles. The van der Waals surface area contributed by atoms with Crippen molar-refractivity contribution in [1.29, 1.82) is 0 Å². The van der Waals surface area contributed by atoms with E-state index in [0.717, 1.165) is 12.8 Å². The number of hydrogen-bond donors (Lipinski definition) is 0. The van der Waals surface area contributed by atoms with Crippen LogP contribution in [0.2, 0.25) is 0 Å². The molecule has 0 aromatic rings. The zero-order valence-electron chi connectivity index (χ0n) is 6.99. The first-order chi connectivity index (χ1) is 5.04. The van der Waals surface area contributed by atoms with Crippen molar-refractivity contribution in [1.82, 2.24) is 0 Å². The average molecular weight is 197 g/mol. The largest absolute Gasteiger partial charge is 0.296 e.